The molecule has 0 saturated carbocycles. The molecule has 2 fully saturated rings. The molecule has 2 heterocycles. The van der Waals surface area contributed by atoms with Crippen molar-refractivity contribution in [3.05, 3.63) is 0 Å². The van der Waals surface area contributed by atoms with Gasteiger partial charge in [0, 0.05) is 0 Å². The molecule has 0 aromatic carbocycles. The van der Waals surface area contributed by atoms with Gasteiger partial charge in [-0.05, 0) is 20.1 Å². The molecule has 5 atom stereocenters. The largest absolute Gasteiger partial charge is 0.394 e. The Morgan fingerprint density at radius 3 is 2.72 bits per heavy atom. The topological polar surface area (TPSA) is 77.4 Å². The minimum absolute atomic E-state index is 0.377. The van der Waals surface area contributed by atoms with Crippen molar-refractivity contribution in [1.29, 1.82) is 0 Å². The van der Waals surface area contributed by atoms with Crippen LogP contribution in [0, 0.1) is 0 Å². The lowest BCUT2D eigenvalue weighted by atomic mass is 10.1. The molecule has 18 heavy (non-hydrogen) atoms. The van der Waals surface area contributed by atoms with Crippen LogP contribution in [0.3, 0.4) is 0 Å². The van der Waals surface area contributed by atoms with E-state index in [0.29, 0.717) is 5.94 Å². The van der Waals surface area contributed by atoms with E-state index >= 15 is 0 Å². The maximum absolute atomic E-state index is 9.74. The predicted molar refractivity (Wildman–Crippen MR) is 65.0 cm³/mol. The van der Waals surface area contributed by atoms with Crippen LogP contribution in [0.25, 0.3) is 0 Å². The number of ether oxygens (including phenoxy) is 4. The van der Waals surface area contributed by atoms with E-state index in [1.807, 2.05) is 6.26 Å². The van der Waals surface area contributed by atoms with Crippen LogP contribution in [0.1, 0.15) is 13.8 Å². The van der Waals surface area contributed by atoms with Gasteiger partial charge < -0.3 is 29.2 Å². The van der Waals surface area contributed by atoms with Gasteiger partial charge in [0.25, 0.3) is 0 Å². The molecule has 2 saturated heterocycles. The highest BCUT2D eigenvalue weighted by Gasteiger charge is 2.56. The first-order chi connectivity index (χ1) is 8.48. The highest BCUT2D eigenvalue weighted by molar-refractivity contribution is 7.98. The van der Waals surface area contributed by atoms with E-state index in [-0.39, 0.29) is 12.7 Å². The van der Waals surface area contributed by atoms with Crippen LogP contribution in [-0.2, 0) is 18.9 Å². The lowest BCUT2D eigenvalue weighted by Gasteiger charge is -2.27. The van der Waals surface area contributed by atoms with Crippen molar-refractivity contribution in [2.75, 3.05) is 18.8 Å². The molecule has 2 N–H and O–H groups in total. The van der Waals surface area contributed by atoms with Crippen molar-refractivity contribution in [1.82, 2.24) is 0 Å². The predicted octanol–water partition coefficient (Wildman–Crippen LogP) is -0.0783. The molecule has 0 unspecified atom stereocenters. The van der Waals surface area contributed by atoms with Crippen molar-refractivity contribution in [2.24, 2.45) is 0 Å². The van der Waals surface area contributed by atoms with Crippen LogP contribution in [0.5, 0.6) is 0 Å². The number of aliphatic hydroxyl groups excluding tert-OH is 2. The van der Waals surface area contributed by atoms with Gasteiger partial charge in [0.2, 0.25) is 0 Å². The summed E-state index contributed by atoms with van der Waals surface area (Å²) in [4.78, 5) is 0. The molecule has 2 rings (SSSR count). The second-order valence-electron chi connectivity index (χ2n) is 4.86. The summed E-state index contributed by atoms with van der Waals surface area (Å²) in [5, 5.41) is 18.8. The second-order valence-corrected chi connectivity index (χ2v) is 5.67. The first kappa shape index (κ1) is 14.5. The summed E-state index contributed by atoms with van der Waals surface area (Å²) < 4.78 is 22.6. The van der Waals surface area contributed by atoms with Gasteiger partial charge in [-0.25, -0.2) is 0 Å². The Kier molecular flexibility index (Phi) is 4.53. The Labute approximate surface area is 111 Å². The van der Waals surface area contributed by atoms with E-state index in [4.69, 9.17) is 24.1 Å². The number of thioether (sulfide) groups is 1. The van der Waals surface area contributed by atoms with E-state index < -0.39 is 30.4 Å². The van der Waals surface area contributed by atoms with Crippen LogP contribution in [0.4, 0.5) is 0 Å². The summed E-state index contributed by atoms with van der Waals surface area (Å²) in [7, 11) is 0. The Hall–Kier alpha value is 0.110. The molecule has 0 amide bonds. The Bertz CT molecular complexity index is 287. The van der Waals surface area contributed by atoms with Gasteiger partial charge >= 0.3 is 0 Å². The zero-order chi connectivity index (χ0) is 13.3. The normalized spacial score (nSPS) is 39.8. The molecule has 0 aromatic heterocycles. The number of fused-ring (bicyclic) bond motifs is 1. The van der Waals surface area contributed by atoms with Gasteiger partial charge in [-0.3, -0.25) is 0 Å². The van der Waals surface area contributed by atoms with Gasteiger partial charge in [-0.15, -0.1) is 11.8 Å². The monoisotopic (exact) mass is 280 g/mol. The smallest absolute Gasteiger partial charge is 0.190 e. The van der Waals surface area contributed by atoms with Gasteiger partial charge in [0.15, 0.2) is 12.1 Å². The van der Waals surface area contributed by atoms with Crippen molar-refractivity contribution in [2.45, 2.75) is 50.3 Å². The molecule has 0 aliphatic carbocycles. The van der Waals surface area contributed by atoms with E-state index in [0.717, 1.165) is 0 Å². The number of hydrogen-bond donors (Lipinski definition) is 2. The minimum Gasteiger partial charge on any atom is -0.394 e. The molecule has 7 heteroatoms. The minimum atomic E-state index is -1.00. The summed E-state index contributed by atoms with van der Waals surface area (Å²) in [6.45, 7) is 3.22. The highest BCUT2D eigenvalue weighted by atomic mass is 32.2. The first-order valence-electron chi connectivity index (χ1n) is 5.89. The number of rotatable bonds is 5. The third-order valence-corrected chi connectivity index (χ3v) is 3.34. The average molecular weight is 280 g/mol. The Morgan fingerprint density at radius 2 is 2.11 bits per heavy atom. The molecule has 6 nitrogen and oxygen atoms in total. The average Bonchev–Trinajstić information content (AvgIpc) is 2.77. The third kappa shape index (κ3) is 2.82. The van der Waals surface area contributed by atoms with E-state index in [2.05, 4.69) is 0 Å². The first-order valence-corrected chi connectivity index (χ1v) is 7.28. The number of aliphatic hydroxyl groups is 2. The summed E-state index contributed by atoms with van der Waals surface area (Å²) in [6.07, 6.45) is -1.09. The van der Waals surface area contributed by atoms with Crippen LogP contribution in [0.2, 0.25) is 0 Å². The molecule has 0 radical (unpaired) electrons. The lowest BCUT2D eigenvalue weighted by Crippen LogP contribution is -2.44. The summed E-state index contributed by atoms with van der Waals surface area (Å²) in [5.74, 6) is -0.249. The van der Waals surface area contributed by atoms with Gasteiger partial charge in [-0.1, -0.05) is 0 Å². The van der Waals surface area contributed by atoms with Crippen molar-refractivity contribution < 1.29 is 29.2 Å². The fourth-order valence-electron chi connectivity index (χ4n) is 2.25. The molecule has 0 aromatic rings. The van der Waals surface area contributed by atoms with Crippen molar-refractivity contribution >= 4 is 11.8 Å². The third-order valence-electron chi connectivity index (χ3n) is 2.97. The Morgan fingerprint density at radius 1 is 1.39 bits per heavy atom. The lowest BCUT2D eigenvalue weighted by molar-refractivity contribution is -0.229. The quantitative estimate of drug-likeness (QED) is 0.682. The van der Waals surface area contributed by atoms with Crippen LogP contribution in [-0.4, -0.2) is 65.5 Å². The summed E-state index contributed by atoms with van der Waals surface area (Å²) in [6, 6.07) is 0. The van der Waals surface area contributed by atoms with Gasteiger partial charge in [0.05, 0.1) is 12.5 Å². The zero-order valence-electron chi connectivity index (χ0n) is 10.7. The van der Waals surface area contributed by atoms with Crippen LogP contribution < -0.4 is 0 Å². The zero-order valence-corrected chi connectivity index (χ0v) is 11.6. The van der Waals surface area contributed by atoms with E-state index in [1.165, 1.54) is 11.8 Å². The van der Waals surface area contributed by atoms with Crippen LogP contribution in [0.15, 0.2) is 0 Å². The summed E-state index contributed by atoms with van der Waals surface area (Å²) in [5.41, 5.74) is 0. The van der Waals surface area contributed by atoms with Gasteiger partial charge in [0.1, 0.15) is 24.4 Å². The molecular formula is C11H20O6S. The fraction of sp³-hybridized carbons (Fsp3) is 1.00. The second kappa shape index (κ2) is 5.62. The summed E-state index contributed by atoms with van der Waals surface area (Å²) >= 11 is 1.53. The maximum atomic E-state index is 9.74. The van der Waals surface area contributed by atoms with Crippen LogP contribution >= 0.6 is 11.8 Å². The molecule has 106 valence electrons. The molecule has 0 bridgehead atoms. The van der Waals surface area contributed by atoms with Crippen molar-refractivity contribution in [3.8, 4) is 0 Å². The van der Waals surface area contributed by atoms with Gasteiger partial charge in [-0.2, -0.15) is 0 Å². The Balaban J connectivity index is 2.07. The maximum Gasteiger partial charge on any atom is 0.190 e. The fourth-order valence-corrected chi connectivity index (χ4v) is 2.55. The standard InChI is InChI=1S/C11H20O6S/c1-11(2)16-9-8(14-5-18-3)7(6(13)4-12)15-10(9)17-11/h6-10,12-13H,4-5H2,1-3H3/t6-,7-,8+,9-,10-/m1/s1. The molecule has 2 aliphatic heterocycles. The number of hydrogen-bond acceptors (Lipinski definition) is 7. The molecular weight excluding hydrogens is 260 g/mol. The van der Waals surface area contributed by atoms with Crippen molar-refractivity contribution in [3.63, 3.8) is 0 Å². The molecule has 0 spiro atoms. The van der Waals surface area contributed by atoms with E-state index in [1.54, 1.807) is 13.8 Å². The molecule has 2 aliphatic rings. The van der Waals surface area contributed by atoms with E-state index in [9.17, 15) is 5.11 Å². The highest BCUT2D eigenvalue weighted by Crippen LogP contribution is 2.39. The SMILES string of the molecule is CSCO[C@@H]1[C@H]2OC(C)(C)O[C@H]2O[C@@H]1[C@H](O)CO.